The van der Waals surface area contributed by atoms with E-state index in [0.29, 0.717) is 49.0 Å². The van der Waals surface area contributed by atoms with E-state index in [9.17, 15) is 14.0 Å². The van der Waals surface area contributed by atoms with Crippen molar-refractivity contribution in [1.82, 2.24) is 25.1 Å². The molecule has 0 saturated carbocycles. The molecule has 39 heavy (non-hydrogen) atoms. The Morgan fingerprint density at radius 1 is 1.31 bits per heavy atom. The maximum Gasteiger partial charge on any atom is 0.270 e. The van der Waals surface area contributed by atoms with E-state index in [1.54, 1.807) is 19.1 Å². The topological polar surface area (TPSA) is 109 Å². The molecule has 10 nitrogen and oxygen atoms in total. The van der Waals surface area contributed by atoms with E-state index in [-0.39, 0.29) is 29.4 Å². The largest absolute Gasteiger partial charge is 0.494 e. The normalized spacial score (nSPS) is 18.6. The van der Waals surface area contributed by atoms with Gasteiger partial charge in [-0.1, -0.05) is 17.8 Å². The Balaban J connectivity index is 1.50. The molecule has 0 radical (unpaired) electrons. The molecule has 1 aromatic heterocycles. The summed E-state index contributed by atoms with van der Waals surface area (Å²) in [5, 5.41) is 7.07. The fourth-order valence-electron chi connectivity index (χ4n) is 4.54. The van der Waals surface area contributed by atoms with Crippen LogP contribution in [0.5, 0.6) is 0 Å². The van der Waals surface area contributed by atoms with E-state index in [1.165, 1.54) is 19.3 Å². The lowest BCUT2D eigenvalue weighted by Crippen LogP contribution is -2.42. The van der Waals surface area contributed by atoms with Gasteiger partial charge < -0.3 is 24.7 Å². The van der Waals surface area contributed by atoms with Crippen molar-refractivity contribution in [2.45, 2.75) is 45.1 Å². The van der Waals surface area contributed by atoms with E-state index in [0.717, 1.165) is 32.5 Å². The average molecular weight is 543 g/mol. The zero-order chi connectivity index (χ0) is 28.4. The van der Waals surface area contributed by atoms with Crippen molar-refractivity contribution >= 4 is 17.5 Å². The highest BCUT2D eigenvalue weighted by molar-refractivity contribution is 6.01. The van der Waals surface area contributed by atoms with Crippen molar-refractivity contribution in [1.29, 1.82) is 0 Å². The molecule has 1 N–H and O–H groups in total. The van der Waals surface area contributed by atoms with Crippen molar-refractivity contribution in [2.75, 3.05) is 47.4 Å². The number of carbonyl (C=O) groups is 2. The second-order valence-corrected chi connectivity index (χ2v) is 9.91. The van der Waals surface area contributed by atoms with Crippen molar-refractivity contribution in [2.24, 2.45) is 11.1 Å². The molecule has 2 aliphatic heterocycles. The van der Waals surface area contributed by atoms with Crippen molar-refractivity contribution < 1.29 is 23.6 Å². The van der Waals surface area contributed by atoms with E-state index < -0.39 is 5.83 Å². The molecule has 11 heteroatoms. The Hall–Kier alpha value is -3.60. The zero-order valence-electron chi connectivity index (χ0n) is 23.3. The van der Waals surface area contributed by atoms with Crippen LogP contribution in [-0.4, -0.2) is 90.8 Å². The van der Waals surface area contributed by atoms with Gasteiger partial charge in [-0.25, -0.2) is 14.4 Å². The summed E-state index contributed by atoms with van der Waals surface area (Å²) < 4.78 is 18.7. The molecule has 1 aromatic rings. The fourth-order valence-corrected chi connectivity index (χ4v) is 4.54. The van der Waals surface area contributed by atoms with Crippen LogP contribution in [0.25, 0.3) is 0 Å². The van der Waals surface area contributed by atoms with Gasteiger partial charge in [0.2, 0.25) is 5.91 Å². The summed E-state index contributed by atoms with van der Waals surface area (Å²) in [6.07, 6.45) is 7.38. The van der Waals surface area contributed by atoms with Crippen LogP contribution in [0, 0.1) is 12.8 Å². The van der Waals surface area contributed by atoms with Crippen LogP contribution in [0.3, 0.4) is 0 Å². The number of nitrogens with zero attached hydrogens (tertiary/aromatic N) is 5. The number of piperidine rings is 1. The highest BCUT2D eigenvalue weighted by atomic mass is 19.1. The number of methoxy groups -OCH3 is 1. The first-order valence-corrected chi connectivity index (χ1v) is 13.2. The highest BCUT2D eigenvalue weighted by Gasteiger charge is 2.34. The molecule has 1 atom stereocenters. The molecule has 0 spiro atoms. The van der Waals surface area contributed by atoms with Gasteiger partial charge >= 0.3 is 0 Å². The first kappa shape index (κ1) is 29.9. The van der Waals surface area contributed by atoms with E-state index in [1.807, 2.05) is 23.9 Å². The molecule has 2 amide bonds. The lowest BCUT2D eigenvalue weighted by molar-refractivity contribution is -0.133. The van der Waals surface area contributed by atoms with Crippen LogP contribution in [0.4, 0.5) is 4.39 Å². The highest BCUT2D eigenvalue weighted by Crippen LogP contribution is 2.29. The van der Waals surface area contributed by atoms with Crippen LogP contribution in [0.2, 0.25) is 0 Å². The van der Waals surface area contributed by atoms with Crippen LogP contribution in [0.15, 0.2) is 47.6 Å². The maximum absolute atomic E-state index is 13.9. The average Bonchev–Trinajstić information content (AvgIpc) is 3.42. The Morgan fingerprint density at radius 2 is 2.05 bits per heavy atom. The molecule has 1 fully saturated rings. The summed E-state index contributed by atoms with van der Waals surface area (Å²) in [5.41, 5.74) is 1.48. The van der Waals surface area contributed by atoms with Crippen LogP contribution < -0.4 is 5.32 Å². The minimum Gasteiger partial charge on any atom is -0.494 e. The van der Waals surface area contributed by atoms with Crippen molar-refractivity contribution in [3.8, 4) is 0 Å². The molecule has 3 heterocycles. The van der Waals surface area contributed by atoms with Gasteiger partial charge in [-0.2, -0.15) is 0 Å². The third kappa shape index (κ3) is 8.71. The van der Waals surface area contributed by atoms with Crippen LogP contribution >= 0.6 is 0 Å². The smallest absolute Gasteiger partial charge is 0.270 e. The Kier molecular flexibility index (Phi) is 11.2. The minimum absolute atomic E-state index is 0.0523. The lowest BCUT2D eigenvalue weighted by atomic mass is 9.88. The maximum atomic E-state index is 13.9. The number of allylic oxidation sites excluding steroid dienone is 3. The van der Waals surface area contributed by atoms with Crippen LogP contribution in [0.1, 0.15) is 54.1 Å². The number of oxime groups is 1. The van der Waals surface area contributed by atoms with Gasteiger partial charge in [-0.15, -0.1) is 0 Å². The summed E-state index contributed by atoms with van der Waals surface area (Å²) in [6, 6.07) is 1.62. The summed E-state index contributed by atoms with van der Waals surface area (Å²) >= 11 is 0. The molecular weight excluding hydrogens is 503 g/mol. The van der Waals surface area contributed by atoms with Crippen LogP contribution in [-0.2, 0) is 14.4 Å². The molecule has 0 bridgehead atoms. The van der Waals surface area contributed by atoms with Gasteiger partial charge in [0.05, 0.1) is 12.8 Å². The summed E-state index contributed by atoms with van der Waals surface area (Å²) in [7, 11) is 5.30. The summed E-state index contributed by atoms with van der Waals surface area (Å²) in [6.45, 7) is 7.72. The van der Waals surface area contributed by atoms with Gasteiger partial charge in [0.15, 0.2) is 11.6 Å². The zero-order valence-corrected chi connectivity index (χ0v) is 23.3. The number of likely N-dealkylation sites (tertiary alicyclic amines) is 1. The summed E-state index contributed by atoms with van der Waals surface area (Å²) in [4.78, 5) is 43.6. The number of carbonyl (C=O) groups excluding carboxylic acids is 2. The quantitative estimate of drug-likeness (QED) is 0.246. The third-order valence-electron chi connectivity index (χ3n) is 6.75. The standard InChI is InChI=1S/C28H39FN6O4/c1-6-25(38-5)21(29)9-7-8-13-30-28(37)24-17-22(31-19(2)32-24)23-18-26(39-33-23)20-10-15-35(16-11-20)27(36)12-14-34(3)4/h6-7,9,17,20,26H,1,8,10-16,18H2,2-5H3,(H,30,37)/b9-7-,25-21-. The SMILES string of the molecule is C=C/C(OC)=C(F)\C=C/CCNC(=O)c1cc(C2=NOC(C3CCN(C(=O)CCN(C)C)CC3)C2)nc(C)n1. The number of hydrogen-bond donors (Lipinski definition) is 1. The van der Waals surface area contributed by atoms with Gasteiger partial charge in [0.1, 0.15) is 23.3 Å². The number of hydrogen-bond acceptors (Lipinski definition) is 8. The first-order valence-electron chi connectivity index (χ1n) is 13.2. The van der Waals surface area contributed by atoms with Gasteiger partial charge in [-0.3, -0.25) is 9.59 Å². The predicted octanol–water partition coefficient (Wildman–Crippen LogP) is 3.16. The van der Waals surface area contributed by atoms with Gasteiger partial charge in [0.25, 0.3) is 5.91 Å². The van der Waals surface area contributed by atoms with E-state index in [4.69, 9.17) is 9.57 Å². The molecule has 3 rings (SSSR count). The minimum atomic E-state index is -0.535. The van der Waals surface area contributed by atoms with E-state index >= 15 is 0 Å². The van der Waals surface area contributed by atoms with E-state index in [2.05, 4.69) is 27.0 Å². The second-order valence-electron chi connectivity index (χ2n) is 9.91. The van der Waals surface area contributed by atoms with Gasteiger partial charge in [0, 0.05) is 44.9 Å². The number of rotatable bonds is 12. The summed E-state index contributed by atoms with van der Waals surface area (Å²) in [5.74, 6) is 0.119. The molecule has 0 aliphatic carbocycles. The molecule has 0 aromatic carbocycles. The second kappa shape index (κ2) is 14.5. The molecule has 2 aliphatic rings. The first-order chi connectivity index (χ1) is 18.7. The Bertz CT molecular complexity index is 1130. The number of ether oxygens (including phenoxy) is 1. The van der Waals surface area contributed by atoms with Gasteiger partial charge in [-0.05, 0) is 58.5 Å². The molecule has 212 valence electrons. The predicted molar refractivity (Wildman–Crippen MR) is 147 cm³/mol. The Labute approximate surface area is 229 Å². The van der Waals surface area contributed by atoms with Crippen molar-refractivity contribution in [3.05, 3.63) is 59.7 Å². The monoisotopic (exact) mass is 542 g/mol. The number of nitrogens with one attached hydrogen (secondary N) is 1. The number of amides is 2. The number of aromatic nitrogens is 2. The fraction of sp³-hybridized carbons (Fsp3) is 0.536. The lowest BCUT2D eigenvalue weighted by Gasteiger charge is -2.34. The Morgan fingerprint density at radius 3 is 2.72 bits per heavy atom. The van der Waals surface area contributed by atoms with Crippen molar-refractivity contribution in [3.63, 3.8) is 0 Å². The molecule has 1 unspecified atom stereocenters. The number of aryl methyl sites for hydroxylation is 1. The number of halogens is 1. The third-order valence-corrected chi connectivity index (χ3v) is 6.75. The molecular formula is C28H39FN6O4. The molecule has 1 saturated heterocycles.